The van der Waals surface area contributed by atoms with Crippen LogP contribution in [0.1, 0.15) is 26.7 Å². The van der Waals surface area contributed by atoms with Gasteiger partial charge in [-0.3, -0.25) is 0 Å². The molecule has 1 rings (SSSR count). The average molecular weight is 140 g/mol. The van der Waals surface area contributed by atoms with Gasteiger partial charge in [-0.05, 0) is 12.8 Å². The lowest BCUT2D eigenvalue weighted by atomic mass is 9.85. The normalized spacial score (nSPS) is 31.6. The number of allylic oxidation sites excluding steroid dienone is 1. The van der Waals surface area contributed by atoms with Crippen molar-refractivity contribution in [2.45, 2.75) is 26.7 Å². The van der Waals surface area contributed by atoms with Gasteiger partial charge < -0.3 is 4.74 Å². The summed E-state index contributed by atoms with van der Waals surface area (Å²) in [6.45, 7) is 4.78. The topological polar surface area (TPSA) is 26.3 Å². The van der Waals surface area contributed by atoms with Gasteiger partial charge in [0.25, 0.3) is 0 Å². The fourth-order valence-corrected chi connectivity index (χ4v) is 1.16. The average Bonchev–Trinajstić information content (AvgIpc) is 2.32. The molecule has 1 aliphatic heterocycles. The Morgan fingerprint density at radius 1 is 1.80 bits per heavy atom. The summed E-state index contributed by atoms with van der Waals surface area (Å²) in [6, 6.07) is 0. The summed E-state index contributed by atoms with van der Waals surface area (Å²) in [4.78, 5) is 10.3. The van der Waals surface area contributed by atoms with Crippen molar-refractivity contribution >= 4 is 5.94 Å². The van der Waals surface area contributed by atoms with Crippen LogP contribution >= 0.6 is 0 Å². The van der Waals surface area contributed by atoms with Crippen LogP contribution in [0.3, 0.4) is 0 Å². The first-order chi connectivity index (χ1) is 4.73. The Labute approximate surface area is 60.9 Å². The van der Waals surface area contributed by atoms with Gasteiger partial charge >= 0.3 is 0 Å². The molecule has 0 aromatic heterocycles. The SMILES string of the molecule is CCC1(C)CCOC1=C=O. The van der Waals surface area contributed by atoms with E-state index >= 15 is 0 Å². The van der Waals surface area contributed by atoms with E-state index in [1.165, 1.54) is 0 Å². The van der Waals surface area contributed by atoms with Gasteiger partial charge in [0.2, 0.25) is 0 Å². The lowest BCUT2D eigenvalue weighted by Crippen LogP contribution is -2.12. The third kappa shape index (κ3) is 0.952. The highest BCUT2D eigenvalue weighted by Gasteiger charge is 2.35. The Hall–Kier alpha value is -0.750. The molecular weight excluding hydrogens is 128 g/mol. The molecule has 1 aliphatic rings. The van der Waals surface area contributed by atoms with Crippen molar-refractivity contribution in [1.82, 2.24) is 0 Å². The number of carbonyl (C=O) groups excluding carboxylic acids is 1. The summed E-state index contributed by atoms with van der Waals surface area (Å²) in [5.74, 6) is 2.36. The van der Waals surface area contributed by atoms with E-state index in [1.807, 2.05) is 12.9 Å². The third-order valence-electron chi connectivity index (χ3n) is 2.32. The maximum atomic E-state index is 10.3. The Bertz CT molecular complexity index is 180. The zero-order chi connectivity index (χ0) is 7.61. The van der Waals surface area contributed by atoms with Crippen molar-refractivity contribution in [2.75, 3.05) is 6.61 Å². The summed E-state index contributed by atoms with van der Waals surface area (Å²) in [6.07, 6.45) is 1.91. The van der Waals surface area contributed by atoms with E-state index in [2.05, 4.69) is 6.92 Å². The molecule has 0 bridgehead atoms. The molecule has 0 aromatic rings. The second-order valence-corrected chi connectivity index (χ2v) is 2.94. The van der Waals surface area contributed by atoms with E-state index < -0.39 is 0 Å². The first-order valence-electron chi connectivity index (χ1n) is 3.61. The quantitative estimate of drug-likeness (QED) is 0.516. The van der Waals surface area contributed by atoms with Crippen molar-refractivity contribution in [1.29, 1.82) is 0 Å². The monoisotopic (exact) mass is 140 g/mol. The molecule has 2 heteroatoms. The highest BCUT2D eigenvalue weighted by molar-refractivity contribution is 5.52. The zero-order valence-electron chi connectivity index (χ0n) is 6.44. The molecule has 1 saturated heterocycles. The number of hydrogen-bond acceptors (Lipinski definition) is 2. The van der Waals surface area contributed by atoms with Crippen LogP contribution in [0.4, 0.5) is 0 Å². The van der Waals surface area contributed by atoms with Crippen LogP contribution in [0.25, 0.3) is 0 Å². The van der Waals surface area contributed by atoms with Crippen LogP contribution in [0.5, 0.6) is 0 Å². The largest absolute Gasteiger partial charge is 0.486 e. The third-order valence-corrected chi connectivity index (χ3v) is 2.32. The van der Waals surface area contributed by atoms with Gasteiger partial charge in [0.1, 0.15) is 0 Å². The van der Waals surface area contributed by atoms with E-state index in [1.54, 1.807) is 0 Å². The molecule has 1 atom stereocenters. The van der Waals surface area contributed by atoms with Crippen molar-refractivity contribution in [3.05, 3.63) is 5.76 Å². The standard InChI is InChI=1S/C8H12O2/c1-3-8(2)4-5-10-7(8)6-9/h3-5H2,1-2H3. The lowest BCUT2D eigenvalue weighted by Gasteiger charge is -2.17. The van der Waals surface area contributed by atoms with Gasteiger partial charge in [0, 0.05) is 5.41 Å². The van der Waals surface area contributed by atoms with Crippen LogP contribution in [-0.4, -0.2) is 12.5 Å². The summed E-state index contributed by atoms with van der Waals surface area (Å²) < 4.78 is 5.10. The van der Waals surface area contributed by atoms with E-state index in [9.17, 15) is 4.79 Å². The van der Waals surface area contributed by atoms with Crippen LogP contribution in [0, 0.1) is 5.41 Å². The molecule has 56 valence electrons. The molecule has 1 unspecified atom stereocenters. The first-order valence-corrected chi connectivity index (χ1v) is 3.61. The molecule has 0 saturated carbocycles. The van der Waals surface area contributed by atoms with Crippen LogP contribution in [-0.2, 0) is 9.53 Å². The Morgan fingerprint density at radius 2 is 2.50 bits per heavy atom. The van der Waals surface area contributed by atoms with Gasteiger partial charge in [-0.1, -0.05) is 13.8 Å². The minimum absolute atomic E-state index is 0.0260. The summed E-state index contributed by atoms with van der Waals surface area (Å²) in [7, 11) is 0. The van der Waals surface area contributed by atoms with Gasteiger partial charge in [-0.15, -0.1) is 0 Å². The van der Waals surface area contributed by atoms with Gasteiger partial charge in [-0.25, -0.2) is 4.79 Å². The number of hydrogen-bond donors (Lipinski definition) is 0. The lowest BCUT2D eigenvalue weighted by molar-refractivity contribution is 0.248. The summed E-state index contributed by atoms with van der Waals surface area (Å²) in [5.41, 5.74) is -0.0260. The van der Waals surface area contributed by atoms with Crippen LogP contribution in [0.15, 0.2) is 5.76 Å². The summed E-state index contributed by atoms with van der Waals surface area (Å²) >= 11 is 0. The minimum Gasteiger partial charge on any atom is -0.486 e. The fraction of sp³-hybridized carbons (Fsp3) is 0.750. The number of ether oxygens (including phenoxy) is 1. The molecule has 1 fully saturated rings. The van der Waals surface area contributed by atoms with Crippen molar-refractivity contribution < 1.29 is 9.53 Å². The zero-order valence-corrected chi connectivity index (χ0v) is 6.44. The first kappa shape index (κ1) is 7.36. The van der Waals surface area contributed by atoms with Crippen molar-refractivity contribution in [3.8, 4) is 0 Å². The van der Waals surface area contributed by atoms with Gasteiger partial charge in [-0.2, -0.15) is 0 Å². The molecule has 0 aliphatic carbocycles. The molecular formula is C8H12O2. The summed E-state index contributed by atoms with van der Waals surface area (Å²) in [5, 5.41) is 0. The molecule has 0 aromatic carbocycles. The Morgan fingerprint density at radius 3 is 2.90 bits per heavy atom. The molecule has 2 nitrogen and oxygen atoms in total. The van der Waals surface area contributed by atoms with E-state index in [4.69, 9.17) is 4.74 Å². The van der Waals surface area contributed by atoms with E-state index in [0.717, 1.165) is 12.8 Å². The van der Waals surface area contributed by atoms with Crippen LogP contribution < -0.4 is 0 Å². The molecule has 10 heavy (non-hydrogen) atoms. The second kappa shape index (κ2) is 2.47. The van der Waals surface area contributed by atoms with Gasteiger partial charge in [0.05, 0.1) is 6.61 Å². The molecule has 0 amide bonds. The van der Waals surface area contributed by atoms with Crippen molar-refractivity contribution in [2.24, 2.45) is 5.41 Å². The van der Waals surface area contributed by atoms with Gasteiger partial charge in [0.15, 0.2) is 11.7 Å². The van der Waals surface area contributed by atoms with Crippen molar-refractivity contribution in [3.63, 3.8) is 0 Å². The van der Waals surface area contributed by atoms with Crippen LogP contribution in [0.2, 0.25) is 0 Å². The minimum atomic E-state index is -0.0260. The Kier molecular flexibility index (Phi) is 1.82. The predicted molar refractivity (Wildman–Crippen MR) is 38.2 cm³/mol. The predicted octanol–water partition coefficient (Wildman–Crippen LogP) is 1.54. The van der Waals surface area contributed by atoms with E-state index in [0.29, 0.717) is 12.4 Å². The Balaban J connectivity index is 2.86. The van der Waals surface area contributed by atoms with E-state index in [-0.39, 0.29) is 5.41 Å². The molecule has 0 spiro atoms. The molecule has 0 radical (unpaired) electrons. The fourth-order valence-electron chi connectivity index (χ4n) is 1.16. The second-order valence-electron chi connectivity index (χ2n) is 2.94. The maximum absolute atomic E-state index is 10.3. The molecule has 1 heterocycles. The molecule has 0 N–H and O–H groups in total. The highest BCUT2D eigenvalue weighted by atomic mass is 16.5. The maximum Gasteiger partial charge on any atom is 0.185 e. The number of rotatable bonds is 1. The smallest absolute Gasteiger partial charge is 0.185 e. The highest BCUT2D eigenvalue weighted by Crippen LogP contribution is 2.38.